The van der Waals surface area contributed by atoms with Gasteiger partial charge >= 0.3 is 0 Å². The molecular weight excluding hydrogens is 435 g/mol. The van der Waals surface area contributed by atoms with Crippen molar-refractivity contribution in [3.63, 3.8) is 0 Å². The molecule has 5 nitrogen and oxygen atoms in total. The fourth-order valence-electron chi connectivity index (χ4n) is 3.29. The van der Waals surface area contributed by atoms with Crippen LogP contribution in [0.2, 0.25) is 0 Å². The number of amides is 1. The van der Waals surface area contributed by atoms with E-state index < -0.39 is 15.8 Å². The number of benzene rings is 2. The van der Waals surface area contributed by atoms with Gasteiger partial charge in [-0.15, -0.1) is 0 Å². The van der Waals surface area contributed by atoms with Crippen LogP contribution in [0.15, 0.2) is 46.9 Å². The molecule has 0 saturated carbocycles. The second-order valence-corrected chi connectivity index (χ2v) is 9.65. The van der Waals surface area contributed by atoms with Crippen molar-refractivity contribution in [1.82, 2.24) is 4.31 Å². The molecule has 1 aliphatic rings. The van der Waals surface area contributed by atoms with Crippen LogP contribution in [0.1, 0.15) is 18.1 Å². The summed E-state index contributed by atoms with van der Waals surface area (Å²) in [5, 5.41) is 0. The summed E-state index contributed by atoms with van der Waals surface area (Å²) in [5.41, 5.74) is 2.48. The van der Waals surface area contributed by atoms with Crippen LogP contribution in [0.3, 0.4) is 0 Å². The summed E-state index contributed by atoms with van der Waals surface area (Å²) in [7, 11) is -3.61. The molecule has 0 radical (unpaired) electrons. The van der Waals surface area contributed by atoms with Crippen LogP contribution >= 0.6 is 15.9 Å². The summed E-state index contributed by atoms with van der Waals surface area (Å²) in [6, 6.07) is 11.2. The predicted molar refractivity (Wildman–Crippen MR) is 106 cm³/mol. The van der Waals surface area contributed by atoms with Crippen LogP contribution < -0.4 is 4.90 Å². The average molecular weight is 455 g/mol. The molecule has 0 aliphatic carbocycles. The average Bonchev–Trinajstić information content (AvgIpc) is 2.90. The minimum Gasteiger partial charge on any atom is -0.308 e. The molecule has 0 N–H and O–H groups in total. The van der Waals surface area contributed by atoms with E-state index in [1.165, 1.54) is 24.3 Å². The van der Waals surface area contributed by atoms with Crippen molar-refractivity contribution in [2.24, 2.45) is 0 Å². The van der Waals surface area contributed by atoms with Gasteiger partial charge in [0.05, 0.1) is 12.8 Å². The molecule has 2 aromatic carbocycles. The Morgan fingerprint density at radius 1 is 1.26 bits per heavy atom. The van der Waals surface area contributed by atoms with E-state index in [1.807, 2.05) is 25.1 Å². The van der Waals surface area contributed by atoms with Crippen molar-refractivity contribution < 1.29 is 17.6 Å². The van der Waals surface area contributed by atoms with E-state index in [4.69, 9.17) is 0 Å². The molecule has 0 spiro atoms. The Labute approximate surface area is 167 Å². The van der Waals surface area contributed by atoms with Crippen LogP contribution in [0.5, 0.6) is 0 Å². The molecule has 2 aromatic rings. The Bertz CT molecular complexity index is 963. The maximum absolute atomic E-state index is 13.1. The van der Waals surface area contributed by atoms with E-state index in [0.717, 1.165) is 32.7 Å². The molecular formula is C19H20BrFN2O3S. The van der Waals surface area contributed by atoms with Gasteiger partial charge < -0.3 is 4.90 Å². The van der Waals surface area contributed by atoms with Crippen molar-refractivity contribution in [1.29, 1.82) is 0 Å². The molecule has 1 unspecified atom stereocenters. The fourth-order valence-corrected chi connectivity index (χ4v) is 4.43. The first kappa shape index (κ1) is 20.0. The highest BCUT2D eigenvalue weighted by Crippen LogP contribution is 2.34. The third-order valence-corrected chi connectivity index (χ3v) is 6.27. The number of halogens is 2. The first-order valence-electron chi connectivity index (χ1n) is 8.45. The summed E-state index contributed by atoms with van der Waals surface area (Å²) in [5.74, 6) is -0.675. The molecule has 1 atom stereocenters. The number of hydrogen-bond donors (Lipinski definition) is 0. The van der Waals surface area contributed by atoms with Crippen LogP contribution in [-0.2, 0) is 27.8 Å². The number of anilines is 1. The van der Waals surface area contributed by atoms with Crippen molar-refractivity contribution in [2.45, 2.75) is 25.9 Å². The highest BCUT2D eigenvalue weighted by atomic mass is 79.9. The van der Waals surface area contributed by atoms with E-state index in [9.17, 15) is 17.6 Å². The first-order valence-corrected chi connectivity index (χ1v) is 11.1. The van der Waals surface area contributed by atoms with Gasteiger partial charge in [-0.1, -0.05) is 28.1 Å². The Kier molecular flexibility index (Phi) is 5.69. The number of fused-ring (bicyclic) bond motifs is 1. The Morgan fingerprint density at radius 2 is 1.93 bits per heavy atom. The van der Waals surface area contributed by atoms with Crippen molar-refractivity contribution in [2.75, 3.05) is 17.7 Å². The number of carbonyl (C=O) groups excluding carboxylic acids is 1. The van der Waals surface area contributed by atoms with Crippen molar-refractivity contribution in [3.8, 4) is 0 Å². The molecule has 0 saturated heterocycles. The predicted octanol–water partition coefficient (Wildman–Crippen LogP) is 3.33. The lowest BCUT2D eigenvalue weighted by atomic mass is 10.1. The van der Waals surface area contributed by atoms with Crippen molar-refractivity contribution in [3.05, 3.63) is 63.9 Å². The minimum absolute atomic E-state index is 0.0142. The molecule has 3 rings (SSSR count). The topological polar surface area (TPSA) is 57.7 Å². The van der Waals surface area contributed by atoms with E-state index in [2.05, 4.69) is 15.9 Å². The molecule has 8 heteroatoms. The number of hydrogen-bond acceptors (Lipinski definition) is 3. The highest BCUT2D eigenvalue weighted by molar-refractivity contribution is 9.10. The van der Waals surface area contributed by atoms with Crippen LogP contribution in [0, 0.1) is 5.82 Å². The summed E-state index contributed by atoms with van der Waals surface area (Å²) in [6.45, 7) is 1.69. The van der Waals surface area contributed by atoms with E-state index in [0.29, 0.717) is 5.56 Å². The third-order valence-electron chi connectivity index (χ3n) is 4.58. The zero-order chi connectivity index (χ0) is 19.8. The molecule has 1 heterocycles. The maximum Gasteiger partial charge on any atom is 0.242 e. The standard InChI is InChI=1S/C19H20BrFN2O3S/c1-13-9-15-10-16(20)5-8-18(15)23(13)19(24)12-22(27(2,25)26)11-14-3-6-17(21)7-4-14/h3-8,10,13H,9,11-12H2,1-2H3. The van der Waals surface area contributed by atoms with Crippen LogP contribution in [0.25, 0.3) is 0 Å². The van der Waals surface area contributed by atoms with Gasteiger partial charge in [0.1, 0.15) is 5.82 Å². The van der Waals surface area contributed by atoms with E-state index >= 15 is 0 Å². The lowest BCUT2D eigenvalue weighted by molar-refractivity contribution is -0.119. The monoisotopic (exact) mass is 454 g/mol. The Morgan fingerprint density at radius 3 is 2.56 bits per heavy atom. The molecule has 0 bridgehead atoms. The van der Waals surface area contributed by atoms with Gasteiger partial charge in [0.15, 0.2) is 0 Å². The second kappa shape index (κ2) is 7.69. The van der Waals surface area contributed by atoms with Crippen molar-refractivity contribution >= 4 is 37.5 Å². The van der Waals surface area contributed by atoms with Crippen LogP contribution in [0.4, 0.5) is 10.1 Å². The maximum atomic E-state index is 13.1. The SMILES string of the molecule is CC1Cc2cc(Br)ccc2N1C(=O)CN(Cc1ccc(F)cc1)S(C)(=O)=O. The normalized spacial score (nSPS) is 16.6. The van der Waals surface area contributed by atoms with Gasteiger partial charge in [-0.2, -0.15) is 4.31 Å². The molecule has 144 valence electrons. The van der Waals surface area contributed by atoms with Gasteiger partial charge in [-0.25, -0.2) is 12.8 Å². The minimum atomic E-state index is -3.61. The first-order chi connectivity index (χ1) is 12.6. The largest absolute Gasteiger partial charge is 0.308 e. The third kappa shape index (κ3) is 4.56. The van der Waals surface area contributed by atoms with E-state index in [1.54, 1.807) is 4.90 Å². The number of nitrogens with zero attached hydrogens (tertiary/aromatic N) is 2. The van der Waals surface area contributed by atoms with Gasteiger partial charge in [0.2, 0.25) is 15.9 Å². The lowest BCUT2D eigenvalue weighted by Gasteiger charge is -2.26. The Balaban J connectivity index is 1.82. The zero-order valence-electron chi connectivity index (χ0n) is 15.0. The fraction of sp³-hybridized carbons (Fsp3) is 0.316. The zero-order valence-corrected chi connectivity index (χ0v) is 17.4. The smallest absolute Gasteiger partial charge is 0.242 e. The summed E-state index contributed by atoms with van der Waals surface area (Å²) < 4.78 is 39.5. The highest BCUT2D eigenvalue weighted by Gasteiger charge is 2.33. The number of rotatable bonds is 5. The summed E-state index contributed by atoms with van der Waals surface area (Å²) in [4.78, 5) is 14.6. The molecule has 1 amide bonds. The molecule has 0 aromatic heterocycles. The van der Waals surface area contributed by atoms with Gasteiger partial charge in [-0.05, 0) is 54.8 Å². The summed E-state index contributed by atoms with van der Waals surface area (Å²) in [6.07, 6.45) is 1.79. The molecule has 1 aliphatic heterocycles. The summed E-state index contributed by atoms with van der Waals surface area (Å²) >= 11 is 3.43. The lowest BCUT2D eigenvalue weighted by Crippen LogP contribution is -2.44. The van der Waals surface area contributed by atoms with Gasteiger partial charge in [0, 0.05) is 22.7 Å². The van der Waals surface area contributed by atoms with E-state index in [-0.39, 0.29) is 25.0 Å². The number of carbonyl (C=O) groups is 1. The van der Waals surface area contributed by atoms with Gasteiger partial charge in [0.25, 0.3) is 0 Å². The van der Waals surface area contributed by atoms with Gasteiger partial charge in [-0.3, -0.25) is 4.79 Å². The number of sulfonamides is 1. The Hall–Kier alpha value is -1.77. The van der Waals surface area contributed by atoms with Crippen LogP contribution in [-0.4, -0.2) is 37.5 Å². The quantitative estimate of drug-likeness (QED) is 0.695. The second-order valence-electron chi connectivity index (χ2n) is 6.75. The molecule has 27 heavy (non-hydrogen) atoms. The molecule has 0 fully saturated rings.